The highest BCUT2D eigenvalue weighted by atomic mass is 16.4. The molecule has 1 heterocycles. The summed E-state index contributed by atoms with van der Waals surface area (Å²) in [6, 6.07) is 3.86. The standard InChI is InChI=1S/C17H25N3O3/c1-10-11-7-8-20(16(21)22)9-14(17(2,3)4)13(11)6-5-12(10)15(18)19-23/h5-6,14,23H,7-9H2,1-4H3,(H2,18,19)(H,21,22). The van der Waals surface area contributed by atoms with Gasteiger partial charge in [0.25, 0.3) is 0 Å². The van der Waals surface area contributed by atoms with Gasteiger partial charge in [-0.25, -0.2) is 4.79 Å². The van der Waals surface area contributed by atoms with Crippen LogP contribution in [0.25, 0.3) is 0 Å². The van der Waals surface area contributed by atoms with Crippen LogP contribution in [-0.4, -0.2) is 40.2 Å². The van der Waals surface area contributed by atoms with Gasteiger partial charge in [-0.1, -0.05) is 38.1 Å². The van der Waals surface area contributed by atoms with E-state index in [1.54, 1.807) is 0 Å². The summed E-state index contributed by atoms with van der Waals surface area (Å²) in [5.74, 6) is 0.174. The second-order valence-electron chi connectivity index (χ2n) is 7.19. The molecule has 2 rings (SSSR count). The fourth-order valence-corrected chi connectivity index (χ4v) is 3.34. The largest absolute Gasteiger partial charge is 0.465 e. The Balaban J connectivity index is 2.60. The van der Waals surface area contributed by atoms with Crippen molar-refractivity contribution < 1.29 is 15.1 Å². The Morgan fingerprint density at radius 3 is 2.57 bits per heavy atom. The van der Waals surface area contributed by atoms with Crippen molar-refractivity contribution in [3.63, 3.8) is 0 Å². The molecule has 0 saturated heterocycles. The Morgan fingerprint density at radius 2 is 2.04 bits per heavy atom. The number of amides is 1. The van der Waals surface area contributed by atoms with Crippen LogP contribution in [-0.2, 0) is 6.42 Å². The Kier molecular flexibility index (Phi) is 4.54. The molecule has 1 aromatic rings. The fourth-order valence-electron chi connectivity index (χ4n) is 3.34. The van der Waals surface area contributed by atoms with Gasteiger partial charge in [0.2, 0.25) is 0 Å². The van der Waals surface area contributed by atoms with Gasteiger partial charge in [-0.05, 0) is 35.4 Å². The Bertz CT molecular complexity index is 647. The SMILES string of the molecule is Cc1c(C(N)=NO)ccc2c1CCN(C(=O)O)CC2C(C)(C)C. The van der Waals surface area contributed by atoms with Crippen molar-refractivity contribution in [2.75, 3.05) is 13.1 Å². The normalized spacial score (nSPS) is 19.2. The summed E-state index contributed by atoms with van der Waals surface area (Å²) in [5.41, 5.74) is 9.61. The maximum Gasteiger partial charge on any atom is 0.407 e. The average Bonchev–Trinajstić information content (AvgIpc) is 2.66. The Labute approximate surface area is 136 Å². The summed E-state index contributed by atoms with van der Waals surface area (Å²) in [6.45, 7) is 9.25. The average molecular weight is 319 g/mol. The number of benzene rings is 1. The van der Waals surface area contributed by atoms with Gasteiger partial charge in [0.15, 0.2) is 5.84 Å². The van der Waals surface area contributed by atoms with E-state index in [0.717, 1.165) is 16.7 Å². The minimum absolute atomic E-state index is 0.0721. The van der Waals surface area contributed by atoms with Crippen LogP contribution in [0, 0.1) is 12.3 Å². The molecule has 23 heavy (non-hydrogen) atoms. The number of fused-ring (bicyclic) bond motifs is 1. The summed E-state index contributed by atoms with van der Waals surface area (Å²) in [7, 11) is 0. The molecular weight excluding hydrogens is 294 g/mol. The molecule has 0 fully saturated rings. The van der Waals surface area contributed by atoms with Crippen molar-refractivity contribution in [1.82, 2.24) is 4.90 Å². The number of amidine groups is 1. The zero-order valence-electron chi connectivity index (χ0n) is 14.1. The summed E-state index contributed by atoms with van der Waals surface area (Å²) >= 11 is 0. The van der Waals surface area contributed by atoms with Crippen molar-refractivity contribution in [3.05, 3.63) is 34.4 Å². The first-order valence-electron chi connectivity index (χ1n) is 7.75. The van der Waals surface area contributed by atoms with E-state index in [1.807, 2.05) is 19.1 Å². The highest BCUT2D eigenvalue weighted by Crippen LogP contribution is 2.40. The zero-order valence-corrected chi connectivity index (χ0v) is 14.1. The van der Waals surface area contributed by atoms with E-state index in [9.17, 15) is 9.90 Å². The topological polar surface area (TPSA) is 99.2 Å². The molecule has 0 saturated carbocycles. The van der Waals surface area contributed by atoms with Crippen LogP contribution in [0.2, 0.25) is 0 Å². The molecule has 1 aromatic carbocycles. The number of nitrogens with zero attached hydrogens (tertiary/aromatic N) is 2. The van der Waals surface area contributed by atoms with E-state index in [2.05, 4.69) is 25.9 Å². The molecule has 126 valence electrons. The van der Waals surface area contributed by atoms with Crippen molar-refractivity contribution in [2.45, 2.75) is 40.0 Å². The lowest BCUT2D eigenvalue weighted by atomic mass is 9.74. The van der Waals surface area contributed by atoms with E-state index in [-0.39, 0.29) is 17.2 Å². The first-order valence-corrected chi connectivity index (χ1v) is 7.75. The molecule has 1 amide bonds. The van der Waals surface area contributed by atoms with Gasteiger partial charge in [-0.2, -0.15) is 0 Å². The summed E-state index contributed by atoms with van der Waals surface area (Å²) in [5, 5.41) is 21.5. The Morgan fingerprint density at radius 1 is 1.39 bits per heavy atom. The quantitative estimate of drug-likeness (QED) is 0.321. The van der Waals surface area contributed by atoms with Crippen LogP contribution in [0.1, 0.15) is 48.9 Å². The molecule has 6 heteroatoms. The number of nitrogens with two attached hydrogens (primary N) is 1. The van der Waals surface area contributed by atoms with Crippen molar-refractivity contribution in [3.8, 4) is 0 Å². The molecule has 0 spiro atoms. The maximum absolute atomic E-state index is 11.5. The van der Waals surface area contributed by atoms with Crippen LogP contribution in [0.5, 0.6) is 0 Å². The van der Waals surface area contributed by atoms with Gasteiger partial charge < -0.3 is 20.9 Å². The molecule has 0 radical (unpaired) electrons. The second-order valence-corrected chi connectivity index (χ2v) is 7.19. The molecule has 0 aromatic heterocycles. The molecule has 1 aliphatic heterocycles. The number of hydrogen-bond donors (Lipinski definition) is 3. The number of carboxylic acid groups (broad SMARTS) is 1. The molecule has 6 nitrogen and oxygen atoms in total. The molecule has 1 aliphatic rings. The highest BCUT2D eigenvalue weighted by Gasteiger charge is 2.34. The van der Waals surface area contributed by atoms with Crippen molar-refractivity contribution in [1.29, 1.82) is 0 Å². The van der Waals surface area contributed by atoms with Crippen LogP contribution in [0.15, 0.2) is 17.3 Å². The first-order chi connectivity index (χ1) is 10.7. The van der Waals surface area contributed by atoms with Gasteiger partial charge in [0.1, 0.15) is 0 Å². The molecule has 0 bridgehead atoms. The third-order valence-electron chi connectivity index (χ3n) is 4.74. The summed E-state index contributed by atoms with van der Waals surface area (Å²) in [4.78, 5) is 13.0. The fraction of sp³-hybridized carbons (Fsp3) is 0.529. The molecule has 4 N–H and O–H groups in total. The van der Waals surface area contributed by atoms with Gasteiger partial charge in [-0.3, -0.25) is 0 Å². The maximum atomic E-state index is 11.5. The number of rotatable bonds is 1. The monoisotopic (exact) mass is 319 g/mol. The highest BCUT2D eigenvalue weighted by molar-refractivity contribution is 5.98. The van der Waals surface area contributed by atoms with E-state index in [0.29, 0.717) is 25.1 Å². The lowest BCUT2D eigenvalue weighted by Gasteiger charge is -2.34. The summed E-state index contributed by atoms with van der Waals surface area (Å²) < 4.78 is 0. The predicted octanol–water partition coefficient (Wildman–Crippen LogP) is 2.76. The van der Waals surface area contributed by atoms with E-state index in [4.69, 9.17) is 10.9 Å². The minimum Gasteiger partial charge on any atom is -0.465 e. The summed E-state index contributed by atoms with van der Waals surface area (Å²) in [6.07, 6.45) is -0.256. The lowest BCUT2D eigenvalue weighted by molar-refractivity contribution is 0.135. The van der Waals surface area contributed by atoms with Crippen LogP contribution in [0.4, 0.5) is 4.79 Å². The molecule has 0 aliphatic carbocycles. The van der Waals surface area contributed by atoms with Gasteiger partial charge >= 0.3 is 6.09 Å². The van der Waals surface area contributed by atoms with Crippen LogP contribution >= 0.6 is 0 Å². The molecular formula is C17H25N3O3. The van der Waals surface area contributed by atoms with Crippen molar-refractivity contribution in [2.24, 2.45) is 16.3 Å². The zero-order chi connectivity index (χ0) is 17.4. The van der Waals surface area contributed by atoms with Gasteiger partial charge in [0, 0.05) is 24.6 Å². The van der Waals surface area contributed by atoms with Crippen LogP contribution < -0.4 is 5.73 Å². The van der Waals surface area contributed by atoms with E-state index in [1.165, 1.54) is 4.90 Å². The predicted molar refractivity (Wildman–Crippen MR) is 89.2 cm³/mol. The first kappa shape index (κ1) is 17.1. The number of oxime groups is 1. The van der Waals surface area contributed by atoms with Crippen LogP contribution in [0.3, 0.4) is 0 Å². The molecule has 1 unspecified atom stereocenters. The van der Waals surface area contributed by atoms with Crippen molar-refractivity contribution >= 4 is 11.9 Å². The third kappa shape index (κ3) is 3.25. The number of hydrogen-bond acceptors (Lipinski definition) is 3. The van der Waals surface area contributed by atoms with Gasteiger partial charge in [0.05, 0.1) is 0 Å². The second kappa shape index (κ2) is 6.10. The number of carbonyl (C=O) groups is 1. The van der Waals surface area contributed by atoms with E-state index < -0.39 is 6.09 Å². The Hall–Kier alpha value is -2.24. The lowest BCUT2D eigenvalue weighted by Crippen LogP contribution is -2.36. The molecule has 1 atom stereocenters. The van der Waals surface area contributed by atoms with E-state index >= 15 is 0 Å². The van der Waals surface area contributed by atoms with Gasteiger partial charge in [-0.15, -0.1) is 0 Å². The third-order valence-corrected chi connectivity index (χ3v) is 4.74. The smallest absolute Gasteiger partial charge is 0.407 e. The minimum atomic E-state index is -0.888.